The zero-order valence-electron chi connectivity index (χ0n) is 15.8. The Morgan fingerprint density at radius 3 is 2.57 bits per heavy atom. The Morgan fingerprint density at radius 1 is 1.00 bits per heavy atom. The molecular weight excluding hydrogens is 350 g/mol. The van der Waals surface area contributed by atoms with Crippen molar-refractivity contribution in [3.63, 3.8) is 0 Å². The van der Waals surface area contributed by atoms with E-state index in [1.807, 2.05) is 86.6 Å². The molecule has 1 heterocycles. The second kappa shape index (κ2) is 7.56. The van der Waals surface area contributed by atoms with Crippen molar-refractivity contribution in [2.24, 2.45) is 0 Å². The maximum Gasteiger partial charge on any atom is 0.246 e. The van der Waals surface area contributed by atoms with E-state index in [-0.39, 0.29) is 5.91 Å². The van der Waals surface area contributed by atoms with E-state index < -0.39 is 6.04 Å². The number of hydrogen-bond acceptors (Lipinski definition) is 4. The number of carbonyl (C=O) groups is 1. The topological polar surface area (TPSA) is 67.2 Å². The molecule has 4 rings (SSSR count). The second-order valence-electron chi connectivity index (χ2n) is 6.68. The Balaban J connectivity index is 1.50. The quantitative estimate of drug-likeness (QED) is 0.503. The van der Waals surface area contributed by atoms with Crippen LogP contribution in [0.1, 0.15) is 12.8 Å². The van der Waals surface area contributed by atoms with Crippen LogP contribution >= 0.6 is 0 Å². The molecule has 0 aliphatic carbocycles. The summed E-state index contributed by atoms with van der Waals surface area (Å²) in [5.41, 5.74) is 5.16. The number of nitrogens with one attached hydrogen (secondary N) is 2. The Morgan fingerprint density at radius 2 is 1.75 bits per heavy atom. The number of carbonyl (C=O) groups excluding carboxylic acids is 1. The predicted molar refractivity (Wildman–Crippen MR) is 112 cm³/mol. The molecule has 140 valence electrons. The van der Waals surface area contributed by atoms with E-state index in [1.165, 1.54) is 0 Å². The van der Waals surface area contributed by atoms with Crippen LogP contribution in [0.4, 0.5) is 11.4 Å². The van der Waals surface area contributed by atoms with Crippen LogP contribution < -0.4 is 10.6 Å². The van der Waals surface area contributed by atoms with Gasteiger partial charge in [0, 0.05) is 23.9 Å². The first kappa shape index (κ1) is 17.8. The number of fused-ring (bicyclic) bond motifs is 1. The van der Waals surface area contributed by atoms with Crippen molar-refractivity contribution in [3.05, 3.63) is 78.7 Å². The number of rotatable bonds is 5. The van der Waals surface area contributed by atoms with E-state index in [1.54, 1.807) is 0 Å². The molecule has 0 bridgehead atoms. The Labute approximate surface area is 163 Å². The summed E-state index contributed by atoms with van der Waals surface area (Å²) >= 11 is 0. The molecule has 1 aromatic heterocycles. The third-order valence-corrected chi connectivity index (χ3v) is 4.54. The molecule has 28 heavy (non-hydrogen) atoms. The number of oxazole rings is 1. The Kier molecular flexibility index (Phi) is 4.81. The zero-order chi connectivity index (χ0) is 19.5. The fourth-order valence-electron chi connectivity index (χ4n) is 3.15. The van der Waals surface area contributed by atoms with E-state index >= 15 is 0 Å². The molecule has 5 heteroatoms. The molecule has 0 radical (unpaired) electrons. The first-order chi connectivity index (χ1) is 13.6. The number of amides is 1. The van der Waals surface area contributed by atoms with Gasteiger partial charge in [0.1, 0.15) is 11.6 Å². The third-order valence-electron chi connectivity index (χ3n) is 4.54. The highest BCUT2D eigenvalue weighted by Gasteiger charge is 2.15. The Bertz CT molecular complexity index is 1120. The first-order valence-electron chi connectivity index (χ1n) is 9.19. The SMILES string of the molecule is Cc1nc2cc(N[C@H](C)C(=O)Nc3ccccc3-c3ccccc3)ccc2o1. The smallest absolute Gasteiger partial charge is 0.246 e. The molecule has 0 saturated carbocycles. The van der Waals surface area contributed by atoms with E-state index in [4.69, 9.17) is 4.42 Å². The molecule has 0 saturated heterocycles. The standard InChI is InChI=1S/C23H21N3O2/c1-15(24-18-12-13-22-21(14-18)25-16(2)28-22)23(27)26-20-11-7-6-10-19(20)17-8-4-3-5-9-17/h3-15,24H,1-2H3,(H,26,27)/t15-/m1/s1. The van der Waals surface area contributed by atoms with Gasteiger partial charge in [0.25, 0.3) is 0 Å². The number of benzene rings is 3. The van der Waals surface area contributed by atoms with Crippen LogP contribution in [0.15, 0.2) is 77.2 Å². The van der Waals surface area contributed by atoms with Gasteiger partial charge in [0.15, 0.2) is 11.5 Å². The molecule has 1 atom stereocenters. The number of nitrogens with zero attached hydrogens (tertiary/aromatic N) is 1. The number of anilines is 2. The van der Waals surface area contributed by atoms with E-state index in [2.05, 4.69) is 15.6 Å². The summed E-state index contributed by atoms with van der Waals surface area (Å²) in [6.45, 7) is 3.64. The van der Waals surface area contributed by atoms with Gasteiger partial charge in [0.2, 0.25) is 5.91 Å². The van der Waals surface area contributed by atoms with Crippen LogP contribution in [-0.2, 0) is 4.79 Å². The fraction of sp³-hybridized carbons (Fsp3) is 0.130. The minimum Gasteiger partial charge on any atom is -0.441 e. The third kappa shape index (κ3) is 3.74. The summed E-state index contributed by atoms with van der Waals surface area (Å²) < 4.78 is 5.49. The first-order valence-corrected chi connectivity index (χ1v) is 9.19. The molecule has 0 fully saturated rings. The molecule has 0 spiro atoms. The van der Waals surface area contributed by atoms with Gasteiger partial charge in [0.05, 0.1) is 0 Å². The summed E-state index contributed by atoms with van der Waals surface area (Å²) in [6.07, 6.45) is 0. The van der Waals surface area contributed by atoms with Crippen LogP contribution in [0.25, 0.3) is 22.2 Å². The lowest BCUT2D eigenvalue weighted by molar-refractivity contribution is -0.116. The fourth-order valence-corrected chi connectivity index (χ4v) is 3.15. The lowest BCUT2D eigenvalue weighted by atomic mass is 10.0. The van der Waals surface area contributed by atoms with Crippen LogP contribution in [-0.4, -0.2) is 16.9 Å². The van der Waals surface area contributed by atoms with Gasteiger partial charge in [-0.2, -0.15) is 0 Å². The zero-order valence-corrected chi connectivity index (χ0v) is 15.8. The number of aryl methyl sites for hydroxylation is 1. The van der Waals surface area contributed by atoms with Crippen LogP contribution in [0.5, 0.6) is 0 Å². The van der Waals surface area contributed by atoms with Crippen molar-refractivity contribution < 1.29 is 9.21 Å². The average molecular weight is 371 g/mol. The monoisotopic (exact) mass is 371 g/mol. The highest BCUT2D eigenvalue weighted by molar-refractivity contribution is 5.99. The summed E-state index contributed by atoms with van der Waals surface area (Å²) in [5.74, 6) is 0.510. The maximum absolute atomic E-state index is 12.8. The molecule has 4 aromatic rings. The molecule has 1 amide bonds. The number of aromatic nitrogens is 1. The van der Waals surface area contributed by atoms with Crippen molar-refractivity contribution >= 4 is 28.4 Å². The predicted octanol–water partition coefficient (Wildman–Crippen LogP) is 5.24. The van der Waals surface area contributed by atoms with Gasteiger partial charge < -0.3 is 15.1 Å². The van der Waals surface area contributed by atoms with Gasteiger partial charge in [-0.15, -0.1) is 0 Å². The van der Waals surface area contributed by atoms with Crippen LogP contribution in [0, 0.1) is 6.92 Å². The molecule has 3 aromatic carbocycles. The van der Waals surface area contributed by atoms with Crippen LogP contribution in [0.3, 0.4) is 0 Å². The van der Waals surface area contributed by atoms with Crippen molar-refractivity contribution in [1.82, 2.24) is 4.98 Å². The summed E-state index contributed by atoms with van der Waals surface area (Å²) in [6, 6.07) is 23.0. The molecule has 5 nitrogen and oxygen atoms in total. The summed E-state index contributed by atoms with van der Waals surface area (Å²) in [4.78, 5) is 17.1. The number of hydrogen-bond donors (Lipinski definition) is 2. The van der Waals surface area contributed by atoms with Gasteiger partial charge in [-0.25, -0.2) is 4.98 Å². The summed E-state index contributed by atoms with van der Waals surface area (Å²) in [7, 11) is 0. The average Bonchev–Trinajstić information content (AvgIpc) is 3.08. The largest absolute Gasteiger partial charge is 0.441 e. The molecule has 0 aliphatic rings. The summed E-state index contributed by atoms with van der Waals surface area (Å²) in [5, 5.41) is 6.26. The van der Waals surface area contributed by atoms with E-state index in [0.717, 1.165) is 33.6 Å². The van der Waals surface area contributed by atoms with Crippen molar-refractivity contribution in [2.75, 3.05) is 10.6 Å². The highest BCUT2D eigenvalue weighted by Crippen LogP contribution is 2.28. The van der Waals surface area contributed by atoms with E-state index in [0.29, 0.717) is 5.89 Å². The highest BCUT2D eigenvalue weighted by atomic mass is 16.3. The normalized spacial score (nSPS) is 11.9. The van der Waals surface area contributed by atoms with Crippen molar-refractivity contribution in [3.8, 4) is 11.1 Å². The van der Waals surface area contributed by atoms with Gasteiger partial charge in [-0.1, -0.05) is 48.5 Å². The Hall–Kier alpha value is -3.60. The minimum atomic E-state index is -0.422. The molecule has 2 N–H and O–H groups in total. The second-order valence-corrected chi connectivity index (χ2v) is 6.68. The lowest BCUT2D eigenvalue weighted by Gasteiger charge is -2.17. The molecule has 0 aliphatic heterocycles. The molecule has 0 unspecified atom stereocenters. The van der Waals surface area contributed by atoms with E-state index in [9.17, 15) is 4.79 Å². The maximum atomic E-state index is 12.8. The van der Waals surface area contributed by atoms with Gasteiger partial charge >= 0.3 is 0 Å². The lowest BCUT2D eigenvalue weighted by Crippen LogP contribution is -2.32. The van der Waals surface area contributed by atoms with Gasteiger partial charge in [-0.3, -0.25) is 4.79 Å². The van der Waals surface area contributed by atoms with Crippen molar-refractivity contribution in [1.29, 1.82) is 0 Å². The minimum absolute atomic E-state index is 0.111. The van der Waals surface area contributed by atoms with Gasteiger partial charge in [-0.05, 0) is 36.8 Å². The van der Waals surface area contributed by atoms with Crippen LogP contribution in [0.2, 0.25) is 0 Å². The number of para-hydroxylation sites is 1. The van der Waals surface area contributed by atoms with Crippen molar-refractivity contribution in [2.45, 2.75) is 19.9 Å². The molecular formula is C23H21N3O2.